The summed E-state index contributed by atoms with van der Waals surface area (Å²) in [7, 11) is -3.44. The lowest BCUT2D eigenvalue weighted by atomic mass is 10.2. The van der Waals surface area contributed by atoms with E-state index in [4.69, 9.17) is 12.2 Å². The molecule has 0 unspecified atom stereocenters. The SMILES string of the molecule is Cc1ccnc2c1S(=O)(=O)NC2=S. The Labute approximate surface area is 81.0 Å². The third kappa shape index (κ3) is 1.13. The minimum absolute atomic E-state index is 0.179. The predicted molar refractivity (Wildman–Crippen MR) is 51.0 cm³/mol. The molecule has 0 radical (unpaired) electrons. The fourth-order valence-electron chi connectivity index (χ4n) is 1.27. The van der Waals surface area contributed by atoms with Gasteiger partial charge in [-0.3, -0.25) is 9.71 Å². The topological polar surface area (TPSA) is 59.1 Å². The summed E-state index contributed by atoms with van der Waals surface area (Å²) in [5.41, 5.74) is 1.02. The minimum atomic E-state index is -3.44. The van der Waals surface area contributed by atoms with Crippen LogP contribution in [0.3, 0.4) is 0 Å². The van der Waals surface area contributed by atoms with Crippen LogP contribution in [0, 0.1) is 6.92 Å². The van der Waals surface area contributed by atoms with Crippen molar-refractivity contribution >= 4 is 27.2 Å². The van der Waals surface area contributed by atoms with E-state index in [1.165, 1.54) is 0 Å². The Hall–Kier alpha value is -1.01. The van der Waals surface area contributed by atoms with Crippen molar-refractivity contribution in [2.45, 2.75) is 11.8 Å². The Bertz CT molecular complexity index is 493. The molecule has 6 heteroatoms. The van der Waals surface area contributed by atoms with Gasteiger partial charge in [-0.15, -0.1) is 0 Å². The standard InChI is InChI=1S/C7H6N2O2S2/c1-4-2-3-8-5-6(4)13(10,11)9-7(5)12/h2-3H,1H3,(H,9,12). The van der Waals surface area contributed by atoms with Gasteiger partial charge < -0.3 is 0 Å². The summed E-state index contributed by atoms with van der Waals surface area (Å²) in [6, 6.07) is 1.64. The Morgan fingerprint density at radius 1 is 1.54 bits per heavy atom. The molecule has 1 N–H and O–H groups in total. The maximum Gasteiger partial charge on any atom is 0.265 e. The van der Waals surface area contributed by atoms with Crippen LogP contribution in [-0.4, -0.2) is 18.4 Å². The molecule has 0 aliphatic carbocycles. The monoisotopic (exact) mass is 214 g/mol. The van der Waals surface area contributed by atoms with Crippen LogP contribution in [0.2, 0.25) is 0 Å². The van der Waals surface area contributed by atoms with Gasteiger partial charge >= 0.3 is 0 Å². The van der Waals surface area contributed by atoms with Crippen LogP contribution >= 0.6 is 12.2 Å². The lowest BCUT2D eigenvalue weighted by Gasteiger charge is -1.98. The number of pyridine rings is 1. The number of aryl methyl sites for hydroxylation is 1. The third-order valence-corrected chi connectivity index (χ3v) is 3.76. The molecule has 0 aromatic carbocycles. The first-order valence-electron chi connectivity index (χ1n) is 3.55. The third-order valence-electron chi connectivity index (χ3n) is 1.81. The van der Waals surface area contributed by atoms with Crippen LogP contribution in [0.1, 0.15) is 11.3 Å². The molecule has 0 amide bonds. The van der Waals surface area contributed by atoms with Gasteiger partial charge in [-0.05, 0) is 18.6 Å². The van der Waals surface area contributed by atoms with Gasteiger partial charge in [0.25, 0.3) is 10.0 Å². The smallest absolute Gasteiger partial charge is 0.265 e. The first-order valence-corrected chi connectivity index (χ1v) is 5.44. The highest BCUT2D eigenvalue weighted by atomic mass is 32.2. The zero-order valence-electron chi connectivity index (χ0n) is 6.73. The van der Waals surface area contributed by atoms with Crippen molar-refractivity contribution in [3.8, 4) is 0 Å². The van der Waals surface area contributed by atoms with E-state index in [1.54, 1.807) is 19.2 Å². The highest BCUT2D eigenvalue weighted by molar-refractivity contribution is 7.93. The van der Waals surface area contributed by atoms with Gasteiger partial charge in [0.05, 0.1) is 0 Å². The van der Waals surface area contributed by atoms with E-state index >= 15 is 0 Å². The quantitative estimate of drug-likeness (QED) is 0.633. The number of hydrogen-bond acceptors (Lipinski definition) is 4. The zero-order chi connectivity index (χ0) is 9.64. The molecule has 1 aromatic heterocycles. The van der Waals surface area contributed by atoms with Gasteiger partial charge in [0, 0.05) is 6.20 Å². The van der Waals surface area contributed by atoms with Gasteiger partial charge in [0.2, 0.25) is 0 Å². The highest BCUT2D eigenvalue weighted by Gasteiger charge is 2.32. The van der Waals surface area contributed by atoms with Gasteiger partial charge in [-0.25, -0.2) is 8.42 Å². The van der Waals surface area contributed by atoms with Crippen LogP contribution in [0.4, 0.5) is 0 Å². The average molecular weight is 214 g/mol. The van der Waals surface area contributed by atoms with Crippen LogP contribution < -0.4 is 4.72 Å². The summed E-state index contributed by atoms with van der Waals surface area (Å²) in [6.07, 6.45) is 1.54. The molecule has 0 atom stereocenters. The molecule has 68 valence electrons. The molecule has 1 aromatic rings. The van der Waals surface area contributed by atoms with E-state index in [0.717, 1.165) is 0 Å². The molecular formula is C7H6N2O2S2. The number of nitrogens with zero attached hydrogens (tertiary/aromatic N) is 1. The van der Waals surface area contributed by atoms with E-state index in [9.17, 15) is 8.42 Å². The van der Waals surface area contributed by atoms with E-state index in [1.807, 2.05) is 0 Å². The Balaban J connectivity index is 2.89. The molecule has 0 spiro atoms. The van der Waals surface area contributed by atoms with Gasteiger partial charge in [-0.2, -0.15) is 0 Å². The van der Waals surface area contributed by atoms with Crippen molar-refractivity contribution in [1.29, 1.82) is 0 Å². The molecule has 0 fully saturated rings. The number of nitrogens with one attached hydrogen (secondary N) is 1. The van der Waals surface area contributed by atoms with Crippen molar-refractivity contribution in [2.75, 3.05) is 0 Å². The summed E-state index contributed by atoms with van der Waals surface area (Å²) in [4.78, 5) is 4.30. The van der Waals surface area contributed by atoms with E-state index in [-0.39, 0.29) is 9.88 Å². The summed E-state index contributed by atoms with van der Waals surface area (Å²) in [5.74, 6) is 0. The molecule has 0 saturated carbocycles. The number of thiocarbonyl (C=S) groups is 1. The molecular weight excluding hydrogens is 208 g/mol. The maximum atomic E-state index is 11.4. The lowest BCUT2D eigenvalue weighted by Crippen LogP contribution is -2.20. The summed E-state index contributed by atoms with van der Waals surface area (Å²) >= 11 is 4.83. The second-order valence-electron chi connectivity index (χ2n) is 2.74. The number of fused-ring (bicyclic) bond motifs is 1. The molecule has 1 aliphatic rings. The first-order chi connectivity index (χ1) is 6.02. The summed E-state index contributed by atoms with van der Waals surface area (Å²) in [6.45, 7) is 1.72. The number of hydrogen-bond donors (Lipinski definition) is 1. The van der Waals surface area contributed by atoms with Gasteiger partial charge in [-0.1, -0.05) is 12.2 Å². The Morgan fingerprint density at radius 2 is 2.23 bits per heavy atom. The van der Waals surface area contributed by atoms with Crippen molar-refractivity contribution in [2.24, 2.45) is 0 Å². The van der Waals surface area contributed by atoms with Crippen LogP contribution in [0.25, 0.3) is 0 Å². The second-order valence-corrected chi connectivity index (χ2v) is 4.77. The largest absolute Gasteiger partial charge is 0.268 e. The molecule has 2 heterocycles. The van der Waals surface area contributed by atoms with Crippen LogP contribution in [0.5, 0.6) is 0 Å². The fourth-order valence-corrected chi connectivity index (χ4v) is 3.16. The van der Waals surface area contributed by atoms with Crippen molar-refractivity contribution in [3.63, 3.8) is 0 Å². The average Bonchev–Trinajstić information content (AvgIpc) is 2.24. The normalized spacial score (nSPS) is 18.1. The fraction of sp³-hybridized carbons (Fsp3) is 0.143. The number of rotatable bonds is 0. The molecule has 13 heavy (non-hydrogen) atoms. The molecule has 2 rings (SSSR count). The van der Waals surface area contributed by atoms with Gasteiger partial charge in [0.1, 0.15) is 15.6 Å². The maximum absolute atomic E-state index is 11.4. The van der Waals surface area contributed by atoms with Crippen LogP contribution in [0.15, 0.2) is 17.2 Å². The van der Waals surface area contributed by atoms with Crippen molar-refractivity contribution in [3.05, 3.63) is 23.5 Å². The predicted octanol–water partition coefficient (Wildman–Crippen LogP) is 0.357. The van der Waals surface area contributed by atoms with Crippen LogP contribution in [-0.2, 0) is 10.0 Å². The molecule has 0 bridgehead atoms. The summed E-state index contributed by atoms with van der Waals surface area (Å²) in [5, 5.41) is 0. The number of sulfonamides is 1. The van der Waals surface area contributed by atoms with Gasteiger partial charge in [0.15, 0.2) is 0 Å². The molecule has 1 aliphatic heterocycles. The molecule has 0 saturated heterocycles. The lowest BCUT2D eigenvalue weighted by molar-refractivity contribution is 0.594. The second kappa shape index (κ2) is 2.49. The van der Waals surface area contributed by atoms with E-state index in [0.29, 0.717) is 11.3 Å². The first kappa shape index (κ1) is 8.58. The van der Waals surface area contributed by atoms with E-state index < -0.39 is 10.0 Å². The zero-order valence-corrected chi connectivity index (χ0v) is 8.37. The summed E-state index contributed by atoms with van der Waals surface area (Å²) < 4.78 is 25.1. The molecule has 4 nitrogen and oxygen atoms in total. The Kier molecular flexibility index (Phi) is 1.64. The highest BCUT2D eigenvalue weighted by Crippen LogP contribution is 2.23. The van der Waals surface area contributed by atoms with Crippen molar-refractivity contribution in [1.82, 2.24) is 9.71 Å². The Morgan fingerprint density at radius 3 is 2.85 bits per heavy atom. The van der Waals surface area contributed by atoms with Crippen molar-refractivity contribution < 1.29 is 8.42 Å². The van der Waals surface area contributed by atoms with E-state index in [2.05, 4.69) is 9.71 Å². The number of aromatic nitrogens is 1. The minimum Gasteiger partial charge on any atom is -0.268 e.